The van der Waals surface area contributed by atoms with Crippen LogP contribution in [0.3, 0.4) is 0 Å². The number of piperidine rings is 1. The molecule has 0 aliphatic carbocycles. The third kappa shape index (κ3) is 3.80. The molecule has 0 aromatic heterocycles. The van der Waals surface area contributed by atoms with Gasteiger partial charge in [-0.2, -0.15) is 0 Å². The summed E-state index contributed by atoms with van der Waals surface area (Å²) in [5.41, 5.74) is 3.80. The summed E-state index contributed by atoms with van der Waals surface area (Å²) in [6, 6.07) is 21.4. The van der Waals surface area contributed by atoms with Gasteiger partial charge in [0.05, 0.1) is 12.0 Å². The van der Waals surface area contributed by atoms with Crippen molar-refractivity contribution < 1.29 is 14.3 Å². The lowest BCUT2D eigenvalue weighted by Gasteiger charge is -2.44. The predicted octanol–water partition coefficient (Wildman–Crippen LogP) is 5.96. The van der Waals surface area contributed by atoms with Crippen molar-refractivity contribution in [2.24, 2.45) is 0 Å². The lowest BCUT2D eigenvalue weighted by Crippen LogP contribution is -2.52. The summed E-state index contributed by atoms with van der Waals surface area (Å²) in [4.78, 5) is 27.7. The number of amides is 1. The van der Waals surface area contributed by atoms with E-state index < -0.39 is 5.60 Å². The molecule has 2 aliphatic heterocycles. The van der Waals surface area contributed by atoms with E-state index in [0.29, 0.717) is 54.3 Å². The molecule has 1 amide bonds. The normalized spacial score (nSPS) is 17.1. The first-order chi connectivity index (χ1) is 15.4. The largest absolute Gasteiger partial charge is 0.486 e. The average molecular weight is 446 g/mol. The molecule has 1 saturated heterocycles. The van der Waals surface area contributed by atoms with E-state index in [-0.39, 0.29) is 11.7 Å². The van der Waals surface area contributed by atoms with Crippen molar-refractivity contribution in [1.82, 2.24) is 4.90 Å². The molecule has 2 heterocycles. The first kappa shape index (κ1) is 20.8. The number of carbonyl (C=O) groups is 2. The summed E-state index contributed by atoms with van der Waals surface area (Å²) in [7, 11) is 0. The number of likely N-dealkylation sites (tertiary alicyclic amines) is 1. The Balaban J connectivity index is 1.28. The maximum absolute atomic E-state index is 13.1. The van der Waals surface area contributed by atoms with Gasteiger partial charge in [0.15, 0.2) is 5.78 Å². The van der Waals surface area contributed by atoms with Crippen molar-refractivity contribution in [2.45, 2.75) is 31.8 Å². The Kier molecular flexibility index (Phi) is 5.26. The molecule has 0 radical (unpaired) electrons. The van der Waals surface area contributed by atoms with Gasteiger partial charge >= 0.3 is 0 Å². The van der Waals surface area contributed by atoms with Gasteiger partial charge in [0.2, 0.25) is 0 Å². The number of fused-ring (bicyclic) bond motifs is 1. The number of hydrogen-bond donors (Lipinski definition) is 0. The van der Waals surface area contributed by atoms with Crippen LogP contribution in [0.25, 0.3) is 11.1 Å². The summed E-state index contributed by atoms with van der Waals surface area (Å²) in [5.74, 6) is 0.688. The number of aryl methyl sites for hydroxylation is 1. The molecule has 0 N–H and O–H groups in total. The van der Waals surface area contributed by atoms with Gasteiger partial charge in [-0.3, -0.25) is 9.59 Å². The van der Waals surface area contributed by atoms with Gasteiger partial charge in [0, 0.05) is 36.5 Å². The van der Waals surface area contributed by atoms with Gasteiger partial charge in [-0.1, -0.05) is 54.1 Å². The Bertz CT molecular complexity index is 1180. The van der Waals surface area contributed by atoms with Crippen LogP contribution < -0.4 is 4.74 Å². The monoisotopic (exact) mass is 445 g/mol. The molecule has 3 aromatic rings. The zero-order valence-corrected chi connectivity index (χ0v) is 18.7. The highest BCUT2D eigenvalue weighted by atomic mass is 35.5. The third-order valence-electron chi connectivity index (χ3n) is 6.57. The molecule has 1 fully saturated rings. The molecule has 5 heteroatoms. The minimum Gasteiger partial charge on any atom is -0.486 e. The first-order valence-corrected chi connectivity index (χ1v) is 11.3. The highest BCUT2D eigenvalue weighted by molar-refractivity contribution is 6.31. The van der Waals surface area contributed by atoms with E-state index >= 15 is 0 Å². The smallest absolute Gasteiger partial charge is 0.253 e. The van der Waals surface area contributed by atoms with Crippen molar-refractivity contribution in [1.29, 1.82) is 0 Å². The number of benzene rings is 3. The third-order valence-corrected chi connectivity index (χ3v) is 6.98. The number of Topliss-reactive ketones (excluding diaryl/α,β-unsaturated/α-hetero) is 1. The van der Waals surface area contributed by atoms with Gasteiger partial charge in [0.25, 0.3) is 5.91 Å². The molecule has 1 spiro atoms. The lowest BCUT2D eigenvalue weighted by molar-refractivity contribution is -0.00573. The summed E-state index contributed by atoms with van der Waals surface area (Å²) in [6.07, 6.45) is 1.59. The van der Waals surface area contributed by atoms with Crippen molar-refractivity contribution in [2.75, 3.05) is 13.1 Å². The topological polar surface area (TPSA) is 46.6 Å². The fourth-order valence-corrected chi connectivity index (χ4v) is 4.79. The molecule has 32 heavy (non-hydrogen) atoms. The van der Waals surface area contributed by atoms with Gasteiger partial charge in [-0.15, -0.1) is 0 Å². The summed E-state index contributed by atoms with van der Waals surface area (Å²) >= 11 is 6.19. The van der Waals surface area contributed by atoms with Crippen molar-refractivity contribution in [3.63, 3.8) is 0 Å². The number of nitrogens with zero attached hydrogens (tertiary/aromatic N) is 1. The van der Waals surface area contributed by atoms with Crippen LogP contribution >= 0.6 is 11.6 Å². The highest BCUT2D eigenvalue weighted by Gasteiger charge is 2.44. The summed E-state index contributed by atoms with van der Waals surface area (Å²) in [6.45, 7) is 3.03. The molecule has 0 atom stereocenters. The maximum Gasteiger partial charge on any atom is 0.253 e. The molecular formula is C27H24ClNO3. The second kappa shape index (κ2) is 8.10. The number of rotatable bonds is 2. The molecule has 162 valence electrons. The Morgan fingerprint density at radius 2 is 1.62 bits per heavy atom. The quantitative estimate of drug-likeness (QED) is 0.489. The van der Waals surface area contributed by atoms with E-state index in [0.717, 1.165) is 16.7 Å². The van der Waals surface area contributed by atoms with E-state index in [2.05, 4.69) is 12.1 Å². The molecule has 0 saturated carbocycles. The van der Waals surface area contributed by atoms with Crippen molar-refractivity contribution >= 4 is 23.3 Å². The van der Waals surface area contributed by atoms with Crippen LogP contribution in [-0.4, -0.2) is 35.3 Å². The minimum atomic E-state index is -0.543. The molecule has 5 rings (SSSR count). The van der Waals surface area contributed by atoms with Gasteiger partial charge < -0.3 is 9.64 Å². The van der Waals surface area contributed by atoms with Gasteiger partial charge in [-0.25, -0.2) is 0 Å². The van der Waals surface area contributed by atoms with Crippen LogP contribution in [0.5, 0.6) is 5.75 Å². The number of carbonyl (C=O) groups excluding carboxylic acids is 2. The van der Waals surface area contributed by atoms with Crippen LogP contribution in [0, 0.1) is 6.92 Å². The number of ether oxygens (including phenoxy) is 1. The SMILES string of the molecule is Cc1cc2c(cc1Cl)C(=O)CC1(CCN(C(=O)c3ccc(-c4ccccc4)cc3)CC1)O2. The predicted molar refractivity (Wildman–Crippen MR) is 126 cm³/mol. The van der Waals surface area contributed by atoms with Crippen LogP contribution in [0.4, 0.5) is 0 Å². The van der Waals surface area contributed by atoms with E-state index in [1.807, 2.05) is 60.4 Å². The molecule has 0 bridgehead atoms. The molecule has 2 aliphatic rings. The standard InChI is InChI=1S/C27H24ClNO3/c1-18-15-25-22(16-23(18)28)24(30)17-27(32-25)11-13-29(14-12-27)26(31)21-9-7-20(8-10-21)19-5-3-2-4-6-19/h2-10,15-16H,11-14,17H2,1H3. The zero-order valence-electron chi connectivity index (χ0n) is 17.9. The number of halogens is 1. The van der Waals surface area contributed by atoms with Crippen molar-refractivity contribution in [3.05, 3.63) is 88.4 Å². The Morgan fingerprint density at radius 1 is 0.969 bits per heavy atom. The molecular weight excluding hydrogens is 422 g/mol. The second-order valence-electron chi connectivity index (χ2n) is 8.72. The van der Waals surface area contributed by atoms with E-state index in [4.69, 9.17) is 16.3 Å². The fraction of sp³-hybridized carbons (Fsp3) is 0.259. The van der Waals surface area contributed by atoms with Crippen LogP contribution in [0.1, 0.15) is 45.5 Å². The first-order valence-electron chi connectivity index (χ1n) is 10.9. The maximum atomic E-state index is 13.1. The van der Waals surface area contributed by atoms with E-state index in [1.54, 1.807) is 6.07 Å². The van der Waals surface area contributed by atoms with E-state index in [1.165, 1.54) is 0 Å². The van der Waals surface area contributed by atoms with Crippen LogP contribution in [0.15, 0.2) is 66.7 Å². The number of ketones is 1. The lowest BCUT2D eigenvalue weighted by atomic mass is 9.82. The van der Waals surface area contributed by atoms with Crippen LogP contribution in [-0.2, 0) is 0 Å². The summed E-state index contributed by atoms with van der Waals surface area (Å²) < 4.78 is 6.35. The van der Waals surface area contributed by atoms with E-state index in [9.17, 15) is 9.59 Å². The Labute approximate surface area is 192 Å². The Hall–Kier alpha value is -3.11. The zero-order chi connectivity index (χ0) is 22.3. The average Bonchev–Trinajstić information content (AvgIpc) is 2.81. The highest BCUT2D eigenvalue weighted by Crippen LogP contribution is 2.41. The van der Waals surface area contributed by atoms with Gasteiger partial charge in [-0.05, 0) is 47.9 Å². The molecule has 3 aromatic carbocycles. The molecule has 0 unspecified atom stereocenters. The van der Waals surface area contributed by atoms with Crippen molar-refractivity contribution in [3.8, 4) is 16.9 Å². The number of hydrogen-bond acceptors (Lipinski definition) is 3. The minimum absolute atomic E-state index is 0.0182. The Morgan fingerprint density at radius 3 is 2.31 bits per heavy atom. The van der Waals surface area contributed by atoms with Gasteiger partial charge in [0.1, 0.15) is 11.4 Å². The van der Waals surface area contributed by atoms with Crippen LogP contribution in [0.2, 0.25) is 5.02 Å². The summed E-state index contributed by atoms with van der Waals surface area (Å²) in [5, 5.41) is 0.579. The fourth-order valence-electron chi connectivity index (χ4n) is 4.63. The second-order valence-corrected chi connectivity index (χ2v) is 9.13. The molecule has 4 nitrogen and oxygen atoms in total.